The van der Waals surface area contributed by atoms with E-state index in [1.54, 1.807) is 12.4 Å². The van der Waals surface area contributed by atoms with Gasteiger partial charge in [0.05, 0.1) is 11.7 Å². The summed E-state index contributed by atoms with van der Waals surface area (Å²) in [5.41, 5.74) is 2.19. The third-order valence-electron chi connectivity index (χ3n) is 3.96. The van der Waals surface area contributed by atoms with Crippen LogP contribution < -0.4 is 4.74 Å². The van der Waals surface area contributed by atoms with Crippen molar-refractivity contribution in [3.63, 3.8) is 0 Å². The summed E-state index contributed by atoms with van der Waals surface area (Å²) >= 11 is 0. The van der Waals surface area contributed by atoms with Crippen LogP contribution in [0.15, 0.2) is 42.9 Å². The Kier molecular flexibility index (Phi) is 4.83. The fourth-order valence-electron chi connectivity index (χ4n) is 2.90. The predicted octanol–water partition coefficient (Wildman–Crippen LogP) is 2.28. The number of aromatic nitrogens is 2. The van der Waals surface area contributed by atoms with Crippen LogP contribution in [0.25, 0.3) is 0 Å². The van der Waals surface area contributed by atoms with Crippen molar-refractivity contribution in [1.82, 2.24) is 14.9 Å². The van der Waals surface area contributed by atoms with E-state index in [-0.39, 0.29) is 6.61 Å². The summed E-state index contributed by atoms with van der Waals surface area (Å²) < 4.78 is 5.15. The Bertz CT molecular complexity index is 646. The van der Waals surface area contributed by atoms with Gasteiger partial charge in [-0.05, 0) is 37.1 Å². The Morgan fingerprint density at radius 2 is 2.13 bits per heavy atom. The number of carbonyl (C=O) groups is 1. The maximum absolute atomic E-state index is 10.5. The number of carboxylic acid groups (broad SMARTS) is 1. The van der Waals surface area contributed by atoms with Crippen LogP contribution in [0, 0.1) is 0 Å². The van der Waals surface area contributed by atoms with E-state index in [2.05, 4.69) is 14.9 Å². The molecule has 2 heterocycles. The predicted molar refractivity (Wildman–Crippen MR) is 84.0 cm³/mol. The highest BCUT2D eigenvalue weighted by Crippen LogP contribution is 2.31. The summed E-state index contributed by atoms with van der Waals surface area (Å²) in [7, 11) is 0. The summed E-state index contributed by atoms with van der Waals surface area (Å²) in [5, 5.41) is 8.61. The number of aliphatic carboxylic acids is 1. The molecule has 6 heteroatoms. The van der Waals surface area contributed by atoms with Crippen molar-refractivity contribution in [3.05, 3.63) is 54.1 Å². The normalized spacial score (nSPS) is 18.0. The number of hydrogen-bond donors (Lipinski definition) is 1. The van der Waals surface area contributed by atoms with Gasteiger partial charge < -0.3 is 9.84 Å². The second-order valence-electron chi connectivity index (χ2n) is 5.59. The quantitative estimate of drug-likeness (QED) is 0.882. The molecule has 0 spiro atoms. The molecule has 1 aliphatic rings. The van der Waals surface area contributed by atoms with Crippen LogP contribution in [0.3, 0.4) is 0 Å². The summed E-state index contributed by atoms with van der Waals surface area (Å²) in [4.78, 5) is 21.5. The standard InChI is InChI=1S/C17H19N3O3/c21-17(22)12-23-14-5-3-13(4-6-14)11-20-9-1-2-16(20)15-10-18-7-8-19-15/h3-8,10,16H,1-2,9,11-12H2,(H,21,22)/t16-/m0/s1. The van der Waals surface area contributed by atoms with E-state index in [9.17, 15) is 4.79 Å². The van der Waals surface area contributed by atoms with Crippen LogP contribution in [-0.2, 0) is 11.3 Å². The van der Waals surface area contributed by atoms with Crippen LogP contribution >= 0.6 is 0 Å². The molecule has 3 rings (SSSR count). The SMILES string of the molecule is O=C(O)COc1ccc(CN2CCC[C@H]2c2cnccn2)cc1. The van der Waals surface area contributed by atoms with Gasteiger partial charge in [0.1, 0.15) is 5.75 Å². The molecule has 1 fully saturated rings. The number of rotatable bonds is 6. The summed E-state index contributed by atoms with van der Waals surface area (Å²) in [6.45, 7) is 1.55. The van der Waals surface area contributed by atoms with E-state index in [0.717, 1.165) is 31.6 Å². The minimum absolute atomic E-state index is 0.312. The molecule has 0 saturated carbocycles. The van der Waals surface area contributed by atoms with Gasteiger partial charge in [-0.1, -0.05) is 12.1 Å². The zero-order valence-corrected chi connectivity index (χ0v) is 12.8. The van der Waals surface area contributed by atoms with Crippen molar-refractivity contribution in [2.75, 3.05) is 13.2 Å². The molecule has 120 valence electrons. The number of hydrogen-bond acceptors (Lipinski definition) is 5. The first-order chi connectivity index (χ1) is 11.2. The third kappa shape index (κ3) is 4.04. The number of benzene rings is 1. The molecule has 0 radical (unpaired) electrons. The van der Waals surface area contributed by atoms with Crippen LogP contribution in [0.1, 0.15) is 30.1 Å². The lowest BCUT2D eigenvalue weighted by molar-refractivity contribution is -0.139. The second-order valence-corrected chi connectivity index (χ2v) is 5.59. The van der Waals surface area contributed by atoms with Crippen molar-refractivity contribution in [2.45, 2.75) is 25.4 Å². The zero-order valence-electron chi connectivity index (χ0n) is 12.8. The fraction of sp³-hybridized carbons (Fsp3) is 0.353. The molecule has 0 amide bonds. The van der Waals surface area contributed by atoms with E-state index < -0.39 is 5.97 Å². The van der Waals surface area contributed by atoms with Crippen LogP contribution in [-0.4, -0.2) is 39.1 Å². The van der Waals surface area contributed by atoms with E-state index in [4.69, 9.17) is 9.84 Å². The molecule has 0 bridgehead atoms. The molecule has 1 aliphatic heterocycles. The average molecular weight is 313 g/mol. The van der Waals surface area contributed by atoms with E-state index in [0.29, 0.717) is 11.8 Å². The Labute approximate surface area is 134 Å². The summed E-state index contributed by atoms with van der Waals surface area (Å²) in [6, 6.07) is 7.88. The first kappa shape index (κ1) is 15.4. The highest BCUT2D eigenvalue weighted by Gasteiger charge is 2.27. The minimum atomic E-state index is -0.974. The number of carboxylic acids is 1. The minimum Gasteiger partial charge on any atom is -0.482 e. The van der Waals surface area contributed by atoms with Gasteiger partial charge in [-0.3, -0.25) is 14.9 Å². The topological polar surface area (TPSA) is 75.6 Å². The molecular weight excluding hydrogens is 294 g/mol. The molecule has 1 atom stereocenters. The van der Waals surface area contributed by atoms with Gasteiger partial charge in [0, 0.05) is 25.1 Å². The first-order valence-electron chi connectivity index (χ1n) is 7.66. The van der Waals surface area contributed by atoms with Crippen molar-refractivity contribution >= 4 is 5.97 Å². The van der Waals surface area contributed by atoms with E-state index in [1.165, 1.54) is 5.56 Å². The maximum Gasteiger partial charge on any atom is 0.341 e. The van der Waals surface area contributed by atoms with Crippen LogP contribution in [0.4, 0.5) is 0 Å². The largest absolute Gasteiger partial charge is 0.482 e. The highest BCUT2D eigenvalue weighted by atomic mass is 16.5. The van der Waals surface area contributed by atoms with Crippen LogP contribution in [0.2, 0.25) is 0 Å². The monoisotopic (exact) mass is 313 g/mol. The van der Waals surface area contributed by atoms with Gasteiger partial charge in [-0.2, -0.15) is 0 Å². The third-order valence-corrected chi connectivity index (χ3v) is 3.96. The lowest BCUT2D eigenvalue weighted by Crippen LogP contribution is -2.23. The zero-order chi connectivity index (χ0) is 16.1. The molecule has 0 unspecified atom stereocenters. The Morgan fingerprint density at radius 1 is 1.30 bits per heavy atom. The van der Waals surface area contributed by atoms with E-state index in [1.807, 2.05) is 30.5 Å². The highest BCUT2D eigenvalue weighted by molar-refractivity contribution is 5.68. The molecule has 1 saturated heterocycles. The molecule has 1 aromatic heterocycles. The molecule has 0 aliphatic carbocycles. The summed E-state index contributed by atoms with van der Waals surface area (Å²) in [6.07, 6.45) is 7.52. The van der Waals surface area contributed by atoms with Crippen LogP contribution in [0.5, 0.6) is 5.75 Å². The average Bonchev–Trinajstić information content (AvgIpc) is 3.03. The van der Waals surface area contributed by atoms with Gasteiger partial charge >= 0.3 is 5.97 Å². The maximum atomic E-state index is 10.5. The molecule has 1 aromatic carbocycles. The molecule has 1 N–H and O–H groups in total. The van der Waals surface area contributed by atoms with E-state index >= 15 is 0 Å². The smallest absolute Gasteiger partial charge is 0.341 e. The van der Waals surface area contributed by atoms with Crippen molar-refractivity contribution in [1.29, 1.82) is 0 Å². The molecule has 6 nitrogen and oxygen atoms in total. The Hall–Kier alpha value is -2.47. The van der Waals surface area contributed by atoms with Gasteiger partial charge in [0.2, 0.25) is 0 Å². The van der Waals surface area contributed by atoms with Gasteiger partial charge in [-0.25, -0.2) is 4.79 Å². The first-order valence-corrected chi connectivity index (χ1v) is 7.66. The number of likely N-dealkylation sites (tertiary alicyclic amines) is 1. The fourth-order valence-corrected chi connectivity index (χ4v) is 2.90. The second kappa shape index (κ2) is 7.19. The lowest BCUT2D eigenvalue weighted by Gasteiger charge is -2.23. The lowest BCUT2D eigenvalue weighted by atomic mass is 10.1. The number of ether oxygens (including phenoxy) is 1. The summed E-state index contributed by atoms with van der Waals surface area (Å²) in [5.74, 6) is -0.402. The van der Waals surface area contributed by atoms with Gasteiger partial charge in [0.15, 0.2) is 6.61 Å². The van der Waals surface area contributed by atoms with Gasteiger partial charge in [-0.15, -0.1) is 0 Å². The van der Waals surface area contributed by atoms with Crippen molar-refractivity contribution < 1.29 is 14.6 Å². The Balaban J connectivity index is 1.63. The molecule has 23 heavy (non-hydrogen) atoms. The molecule has 2 aromatic rings. The molecular formula is C17H19N3O3. The van der Waals surface area contributed by atoms with Crippen molar-refractivity contribution in [3.8, 4) is 5.75 Å². The van der Waals surface area contributed by atoms with Gasteiger partial charge in [0.25, 0.3) is 0 Å². The Morgan fingerprint density at radius 3 is 2.83 bits per heavy atom. The van der Waals surface area contributed by atoms with Crippen molar-refractivity contribution in [2.24, 2.45) is 0 Å². The number of nitrogens with zero attached hydrogens (tertiary/aromatic N) is 3.